The van der Waals surface area contributed by atoms with Crippen LogP contribution in [0.1, 0.15) is 154 Å². The Bertz CT molecular complexity index is 6270. The highest BCUT2D eigenvalue weighted by atomic mass is 79.9. The Morgan fingerprint density at radius 2 is 0.744 bits per heavy atom. The minimum absolute atomic E-state index is 0.315. The van der Waals surface area contributed by atoms with Gasteiger partial charge in [0.25, 0.3) is 0 Å². The molecule has 10 aromatic heterocycles. The van der Waals surface area contributed by atoms with Gasteiger partial charge in [0.15, 0.2) is 0 Å². The van der Waals surface area contributed by atoms with Crippen molar-refractivity contribution in [1.29, 1.82) is 0 Å². The van der Waals surface area contributed by atoms with Gasteiger partial charge in [-0.2, -0.15) is 0 Å². The Kier molecular flexibility index (Phi) is 26.7. The van der Waals surface area contributed by atoms with Crippen molar-refractivity contribution in [1.82, 2.24) is 46.9 Å². The molecule has 15 nitrogen and oxygen atoms in total. The lowest BCUT2D eigenvalue weighted by molar-refractivity contribution is 0.461. The Hall–Kier alpha value is -10.2. The number of anilines is 5. The van der Waals surface area contributed by atoms with Crippen LogP contribution >= 0.6 is 73.9 Å². The van der Waals surface area contributed by atoms with E-state index in [0.717, 1.165) is 131 Å². The van der Waals surface area contributed by atoms with Gasteiger partial charge in [-0.15, -0.1) is 0 Å². The molecule has 0 amide bonds. The topological polar surface area (TPSA) is 147 Å². The molecule has 21 rings (SSSR count). The van der Waals surface area contributed by atoms with Crippen LogP contribution < -0.4 is 26.6 Å². The summed E-state index contributed by atoms with van der Waals surface area (Å²) in [7, 11) is 0. The van der Waals surface area contributed by atoms with Gasteiger partial charge in [-0.3, -0.25) is 22.0 Å². The monoisotopic (exact) mass is 1780 g/mol. The van der Waals surface area contributed by atoms with Gasteiger partial charge in [0.1, 0.15) is 103 Å². The van der Waals surface area contributed by atoms with Crippen LogP contribution in [0.3, 0.4) is 0 Å². The fourth-order valence-corrected chi connectivity index (χ4v) is 19.3. The van der Waals surface area contributed by atoms with Gasteiger partial charge >= 0.3 is 0 Å². The molecule has 23 heteroatoms. The Morgan fingerprint density at radius 1 is 0.314 bits per heavy atom. The third kappa shape index (κ3) is 19.2. The van der Waals surface area contributed by atoms with Crippen molar-refractivity contribution in [3.63, 3.8) is 0 Å². The van der Waals surface area contributed by atoms with Crippen LogP contribution in [0.25, 0.3) is 95.3 Å². The zero-order valence-electron chi connectivity index (χ0n) is 67.4. The molecule has 16 aromatic rings. The van der Waals surface area contributed by atoms with Crippen molar-refractivity contribution in [2.75, 3.05) is 26.6 Å². The predicted molar refractivity (Wildman–Crippen MR) is 501 cm³/mol. The molecule has 0 atom stereocenters. The highest BCUT2D eigenvalue weighted by Crippen LogP contribution is 2.43. The molecule has 6 aromatic carbocycles. The molecule has 0 saturated heterocycles. The van der Waals surface area contributed by atoms with Gasteiger partial charge in [0, 0.05) is 109 Å². The highest BCUT2D eigenvalue weighted by molar-refractivity contribution is 9.10. The molecule has 5 aliphatic rings. The number of imidazole rings is 5. The summed E-state index contributed by atoms with van der Waals surface area (Å²) < 4.78 is 38.9. The van der Waals surface area contributed by atoms with Crippen molar-refractivity contribution in [2.45, 2.75) is 184 Å². The molecule has 0 spiro atoms. The fourth-order valence-electron chi connectivity index (χ4n) is 17.8. The summed E-state index contributed by atoms with van der Waals surface area (Å²) in [5, 5.41) is 24.3. The average Bonchev–Trinajstić information content (AvgIpc) is 1.63. The molecule has 5 saturated carbocycles. The molecule has 620 valence electrons. The second-order valence-electron chi connectivity index (χ2n) is 32.2. The SMILES string of the molecule is Brc1ccccc1-c1nc2c3ccccc3ccn2c1NC1CCCCC1.Clc1ccc(Cl)c(-c2nc3ccccn3c2NC2CCCCC2)c1.Clc1cccc(-c2nc3ccccn3c2NC2CCCCC2)c1.Clc1ccccc1-c1nc2cccc(Cl)n2c1NC1CCCCC1.Fc1ccc(-c2nc3ccccn3c2NC2CCCC2)c(F)c1. The molecular formula is C98H97BrCl5F2N15. The van der Waals surface area contributed by atoms with Crippen LogP contribution in [0.5, 0.6) is 0 Å². The number of hydrogen-bond acceptors (Lipinski definition) is 10. The van der Waals surface area contributed by atoms with Gasteiger partial charge in [-0.05, 0) is 179 Å². The molecule has 121 heavy (non-hydrogen) atoms. The van der Waals surface area contributed by atoms with E-state index >= 15 is 0 Å². The number of rotatable bonds is 15. The van der Waals surface area contributed by atoms with E-state index in [4.69, 9.17) is 77.9 Å². The lowest BCUT2D eigenvalue weighted by Gasteiger charge is -2.24. The lowest BCUT2D eigenvalue weighted by Crippen LogP contribution is -2.23. The summed E-state index contributed by atoms with van der Waals surface area (Å²) >= 11 is 35.4. The number of aromatic nitrogens is 10. The maximum absolute atomic E-state index is 14.2. The van der Waals surface area contributed by atoms with Gasteiger partial charge < -0.3 is 26.6 Å². The first-order chi connectivity index (χ1) is 59.3. The van der Waals surface area contributed by atoms with Crippen molar-refractivity contribution < 1.29 is 8.78 Å². The van der Waals surface area contributed by atoms with Crippen LogP contribution in [-0.2, 0) is 0 Å². The summed E-state index contributed by atoms with van der Waals surface area (Å²) in [4.78, 5) is 24.1. The minimum Gasteiger partial charge on any atom is -0.367 e. The lowest BCUT2D eigenvalue weighted by atomic mass is 9.95. The molecule has 10 heterocycles. The fraction of sp³-hybridized carbons (Fsp3) is 0.296. The Labute approximate surface area is 737 Å². The zero-order valence-corrected chi connectivity index (χ0v) is 72.7. The number of nitrogens with one attached hydrogen (secondary N) is 5. The molecular weight excluding hydrogens is 1680 g/mol. The maximum Gasteiger partial charge on any atom is 0.147 e. The van der Waals surface area contributed by atoms with Crippen molar-refractivity contribution in [3.8, 4) is 56.3 Å². The first-order valence-corrected chi connectivity index (χ1v) is 45.5. The Morgan fingerprint density at radius 3 is 1.30 bits per heavy atom. The summed E-state index contributed by atoms with van der Waals surface area (Å²) in [5.41, 5.74) is 13.0. The highest BCUT2D eigenvalue weighted by Gasteiger charge is 2.28. The summed E-state index contributed by atoms with van der Waals surface area (Å²) in [6, 6.07) is 69.8. The molecule has 0 radical (unpaired) electrons. The quantitative estimate of drug-likeness (QED) is 0.0629. The number of fused-ring (bicyclic) bond motifs is 7. The third-order valence-electron chi connectivity index (χ3n) is 23.9. The van der Waals surface area contributed by atoms with E-state index in [9.17, 15) is 8.78 Å². The van der Waals surface area contributed by atoms with Crippen LogP contribution in [0, 0.1) is 11.6 Å². The normalized spacial score (nSPS) is 15.6. The van der Waals surface area contributed by atoms with E-state index < -0.39 is 11.6 Å². The van der Waals surface area contributed by atoms with Gasteiger partial charge in [0.2, 0.25) is 0 Å². The van der Waals surface area contributed by atoms with E-state index in [1.54, 1.807) is 6.07 Å². The van der Waals surface area contributed by atoms with Gasteiger partial charge in [-0.1, -0.05) is 261 Å². The van der Waals surface area contributed by atoms with Crippen LogP contribution in [0.2, 0.25) is 25.2 Å². The number of pyridine rings is 5. The molecule has 0 bridgehead atoms. The third-order valence-corrected chi connectivity index (χ3v) is 26.0. The molecule has 0 aliphatic heterocycles. The van der Waals surface area contributed by atoms with Gasteiger partial charge in [0.05, 0.1) is 10.0 Å². The van der Waals surface area contributed by atoms with E-state index in [0.29, 0.717) is 61.7 Å². The maximum atomic E-state index is 14.2. The second kappa shape index (κ2) is 38.9. The molecule has 5 N–H and O–H groups in total. The minimum atomic E-state index is -0.595. The molecule has 0 unspecified atom stereocenters. The summed E-state index contributed by atoms with van der Waals surface area (Å²) in [5.74, 6) is 3.72. The van der Waals surface area contributed by atoms with E-state index in [-0.39, 0.29) is 0 Å². The van der Waals surface area contributed by atoms with E-state index in [1.807, 2.05) is 155 Å². The molecule has 5 fully saturated rings. The summed E-state index contributed by atoms with van der Waals surface area (Å²) in [6.07, 6.45) is 38.1. The Balaban J connectivity index is 0.000000108. The van der Waals surface area contributed by atoms with E-state index in [1.165, 1.54) is 164 Å². The predicted octanol–water partition coefficient (Wildman–Crippen LogP) is 28.8. The number of halogens is 8. The number of benzene rings is 6. The van der Waals surface area contributed by atoms with E-state index in [2.05, 4.69) is 128 Å². The second-order valence-corrected chi connectivity index (χ2v) is 35.2. The van der Waals surface area contributed by atoms with Crippen molar-refractivity contribution in [2.24, 2.45) is 0 Å². The zero-order chi connectivity index (χ0) is 82.7. The standard InChI is InChI=1S/C23H22BrN3.2C19H19Cl2N3.C19H20ClN3.C18H17F2N3/c24-20-13-7-6-12-19(20)21-23(25-17-9-2-1-3-10-17)27-15-14-16-8-4-5-11-18(16)22(27)26-21;20-15-10-5-4-9-14(15)18-19(22-13-7-2-1-3-8-13)24-16(21)11-6-12-17(24)23-18;20-13-9-10-16(21)15(12-13)18-19(22-14-6-2-1-3-7-14)24-11-5-4-8-17(24)23-18;20-15-8-6-7-14(13-15)18-19(21-16-9-2-1-3-10-16)23-12-5-4-11-17(23)22-18;19-12-8-9-14(15(20)11-12)17-18(21-13-5-1-2-6-13)23-10-4-3-7-16(23)22-17/h4-8,11-15,17,25H,1-3,9-10H2;4-6,9-13,22H,1-3,7-8H2;4-5,8-12,14,22H,1-3,6-7H2;4-8,11-13,16,21H,1-3,9-10H2;3-4,7-11,13,21H,1-2,5-6H2. The first kappa shape index (κ1) is 83.1. The summed E-state index contributed by atoms with van der Waals surface area (Å²) in [6.45, 7) is 0. The van der Waals surface area contributed by atoms with Crippen LogP contribution in [0.4, 0.5) is 37.9 Å². The molecule has 5 aliphatic carbocycles. The first-order valence-electron chi connectivity index (χ1n) is 42.8. The average molecular weight is 1780 g/mol. The number of hydrogen-bond donors (Lipinski definition) is 5. The van der Waals surface area contributed by atoms with Crippen LogP contribution in [-0.4, -0.2) is 77.1 Å². The van der Waals surface area contributed by atoms with Crippen LogP contribution in [0.15, 0.2) is 242 Å². The smallest absolute Gasteiger partial charge is 0.147 e. The van der Waals surface area contributed by atoms with Gasteiger partial charge in [-0.25, -0.2) is 33.7 Å². The largest absolute Gasteiger partial charge is 0.367 e. The van der Waals surface area contributed by atoms with Crippen molar-refractivity contribution >= 4 is 142 Å². The number of nitrogens with zero attached hydrogens (tertiary/aromatic N) is 10. The van der Waals surface area contributed by atoms with Crippen molar-refractivity contribution in [3.05, 3.63) is 278 Å².